The van der Waals surface area contributed by atoms with E-state index < -0.39 is 0 Å². The van der Waals surface area contributed by atoms with E-state index in [-0.39, 0.29) is 11.6 Å². The number of nitrogens with one attached hydrogen (secondary N) is 1. The van der Waals surface area contributed by atoms with E-state index in [4.69, 9.17) is 0 Å². The molecule has 0 amide bonds. The number of unbranched alkanes of at least 4 members (excludes halogenated alkanes) is 1. The van der Waals surface area contributed by atoms with Crippen LogP contribution in [-0.2, 0) is 17.6 Å². The number of Topliss-reactive ketones (excluding diaryl/α,β-unsaturated/α-hetero) is 2. The SMILES string of the molecule is CC(=O)c1cccc(CC(=O)CCCC[C@H]2C[C@H](Cc3ccccc3)CCN2)c1. The Morgan fingerprint density at radius 1 is 1.00 bits per heavy atom. The summed E-state index contributed by atoms with van der Waals surface area (Å²) in [4.78, 5) is 23.8. The van der Waals surface area contributed by atoms with Crippen LogP contribution < -0.4 is 5.32 Å². The van der Waals surface area contributed by atoms with Crippen LogP contribution in [0, 0.1) is 5.92 Å². The molecule has 3 nitrogen and oxygen atoms in total. The van der Waals surface area contributed by atoms with Gasteiger partial charge in [-0.15, -0.1) is 0 Å². The number of hydrogen-bond acceptors (Lipinski definition) is 3. The molecule has 0 aromatic heterocycles. The van der Waals surface area contributed by atoms with Gasteiger partial charge in [0.15, 0.2) is 5.78 Å². The van der Waals surface area contributed by atoms with Crippen LogP contribution in [0.25, 0.3) is 0 Å². The zero-order chi connectivity index (χ0) is 20.5. The molecule has 0 aliphatic carbocycles. The van der Waals surface area contributed by atoms with Crippen LogP contribution in [0.15, 0.2) is 54.6 Å². The van der Waals surface area contributed by atoms with Gasteiger partial charge in [0.05, 0.1) is 0 Å². The molecule has 29 heavy (non-hydrogen) atoms. The molecule has 1 heterocycles. The molecule has 1 saturated heterocycles. The van der Waals surface area contributed by atoms with Crippen molar-refractivity contribution in [2.24, 2.45) is 5.92 Å². The van der Waals surface area contributed by atoms with Crippen LogP contribution in [0.5, 0.6) is 0 Å². The first-order valence-corrected chi connectivity index (χ1v) is 11.0. The molecule has 3 rings (SSSR count). The van der Waals surface area contributed by atoms with Crippen molar-refractivity contribution in [3.8, 4) is 0 Å². The van der Waals surface area contributed by atoms with Crippen molar-refractivity contribution in [2.75, 3.05) is 6.54 Å². The van der Waals surface area contributed by atoms with Gasteiger partial charge < -0.3 is 5.32 Å². The average molecular weight is 392 g/mol. The third-order valence-corrected chi connectivity index (χ3v) is 5.96. The second kappa shape index (κ2) is 11.1. The van der Waals surface area contributed by atoms with Gasteiger partial charge in [0.1, 0.15) is 5.78 Å². The van der Waals surface area contributed by atoms with E-state index >= 15 is 0 Å². The van der Waals surface area contributed by atoms with Crippen LogP contribution in [0.2, 0.25) is 0 Å². The maximum absolute atomic E-state index is 12.3. The Labute approximate surface area is 174 Å². The molecule has 2 aromatic carbocycles. The zero-order valence-corrected chi connectivity index (χ0v) is 17.5. The number of rotatable bonds is 10. The molecule has 1 aliphatic heterocycles. The summed E-state index contributed by atoms with van der Waals surface area (Å²) in [6.45, 7) is 2.66. The quantitative estimate of drug-likeness (QED) is 0.449. The predicted molar refractivity (Wildman–Crippen MR) is 118 cm³/mol. The van der Waals surface area contributed by atoms with Gasteiger partial charge in [0, 0.05) is 24.4 Å². The molecule has 0 radical (unpaired) electrons. The van der Waals surface area contributed by atoms with E-state index in [0.717, 1.165) is 37.3 Å². The van der Waals surface area contributed by atoms with Gasteiger partial charge in [-0.3, -0.25) is 9.59 Å². The summed E-state index contributed by atoms with van der Waals surface area (Å²) in [5.41, 5.74) is 3.07. The highest BCUT2D eigenvalue weighted by Crippen LogP contribution is 2.23. The third kappa shape index (κ3) is 7.25. The summed E-state index contributed by atoms with van der Waals surface area (Å²) in [6.07, 6.45) is 7.92. The molecule has 1 aliphatic rings. The molecular weight excluding hydrogens is 358 g/mol. The van der Waals surface area contributed by atoms with Crippen molar-refractivity contribution >= 4 is 11.6 Å². The fraction of sp³-hybridized carbons (Fsp3) is 0.462. The Balaban J connectivity index is 1.35. The minimum atomic E-state index is 0.0462. The number of piperidine rings is 1. The number of benzene rings is 2. The van der Waals surface area contributed by atoms with Gasteiger partial charge in [0.25, 0.3) is 0 Å². The first-order chi connectivity index (χ1) is 14.1. The van der Waals surface area contributed by atoms with Crippen molar-refractivity contribution in [1.82, 2.24) is 5.32 Å². The predicted octanol–water partition coefficient (Wildman–Crippen LogP) is 5.17. The van der Waals surface area contributed by atoms with Crippen molar-refractivity contribution in [3.63, 3.8) is 0 Å². The fourth-order valence-electron chi connectivity index (χ4n) is 4.38. The Morgan fingerprint density at radius 3 is 2.59 bits per heavy atom. The molecule has 154 valence electrons. The summed E-state index contributed by atoms with van der Waals surface area (Å²) in [7, 11) is 0. The lowest BCUT2D eigenvalue weighted by atomic mass is 9.85. The maximum Gasteiger partial charge on any atom is 0.159 e. The molecule has 0 spiro atoms. The van der Waals surface area contributed by atoms with Gasteiger partial charge in [-0.2, -0.15) is 0 Å². The number of hydrogen-bond donors (Lipinski definition) is 1. The Morgan fingerprint density at radius 2 is 1.79 bits per heavy atom. The normalized spacial score (nSPS) is 19.1. The summed E-state index contributed by atoms with van der Waals surface area (Å²) >= 11 is 0. The monoisotopic (exact) mass is 391 g/mol. The Kier molecular flexibility index (Phi) is 8.18. The Hall–Kier alpha value is -2.26. The number of carbonyl (C=O) groups is 2. The lowest BCUT2D eigenvalue weighted by molar-refractivity contribution is -0.118. The lowest BCUT2D eigenvalue weighted by Gasteiger charge is -2.30. The first kappa shape index (κ1) is 21.4. The summed E-state index contributed by atoms with van der Waals surface area (Å²) in [5.74, 6) is 1.08. The van der Waals surface area contributed by atoms with Crippen molar-refractivity contribution in [2.45, 2.75) is 64.3 Å². The molecule has 1 N–H and O–H groups in total. The Bertz CT molecular complexity index is 799. The maximum atomic E-state index is 12.3. The van der Waals surface area contributed by atoms with E-state index in [1.807, 2.05) is 18.2 Å². The van der Waals surface area contributed by atoms with Gasteiger partial charge in [-0.25, -0.2) is 0 Å². The van der Waals surface area contributed by atoms with E-state index in [0.29, 0.717) is 24.4 Å². The highest BCUT2D eigenvalue weighted by Gasteiger charge is 2.21. The van der Waals surface area contributed by atoms with Crippen LogP contribution in [0.3, 0.4) is 0 Å². The van der Waals surface area contributed by atoms with Gasteiger partial charge in [-0.1, -0.05) is 55.0 Å². The lowest BCUT2D eigenvalue weighted by Crippen LogP contribution is -2.38. The van der Waals surface area contributed by atoms with Gasteiger partial charge >= 0.3 is 0 Å². The highest BCUT2D eigenvalue weighted by molar-refractivity contribution is 5.94. The van der Waals surface area contributed by atoms with Gasteiger partial charge in [-0.05, 0) is 68.7 Å². The van der Waals surface area contributed by atoms with E-state index in [9.17, 15) is 9.59 Å². The van der Waals surface area contributed by atoms with Crippen LogP contribution in [0.4, 0.5) is 0 Å². The standard InChI is InChI=1S/C26H33NO2/c1-20(28)24-11-7-10-22(17-24)19-26(29)13-6-5-12-25-18-23(14-15-27-25)16-21-8-3-2-4-9-21/h2-4,7-11,17,23,25,27H,5-6,12-16,18-19H2,1H3/t23-,25-/m0/s1. The zero-order valence-electron chi connectivity index (χ0n) is 17.5. The number of ketones is 2. The topological polar surface area (TPSA) is 46.2 Å². The first-order valence-electron chi connectivity index (χ1n) is 11.0. The molecule has 2 aromatic rings. The van der Waals surface area contributed by atoms with Crippen molar-refractivity contribution < 1.29 is 9.59 Å². The summed E-state index contributed by atoms with van der Waals surface area (Å²) in [5, 5.41) is 3.66. The van der Waals surface area contributed by atoms with Gasteiger partial charge in [0.2, 0.25) is 0 Å². The molecule has 0 unspecified atom stereocenters. The summed E-state index contributed by atoms with van der Waals surface area (Å²) < 4.78 is 0. The van der Waals surface area contributed by atoms with E-state index in [2.05, 4.69) is 35.6 Å². The third-order valence-electron chi connectivity index (χ3n) is 5.96. The summed E-state index contributed by atoms with van der Waals surface area (Å²) in [6, 6.07) is 18.8. The van der Waals surface area contributed by atoms with Crippen LogP contribution in [0.1, 0.15) is 66.9 Å². The minimum absolute atomic E-state index is 0.0462. The van der Waals surface area contributed by atoms with E-state index in [1.54, 1.807) is 13.0 Å². The molecular formula is C26H33NO2. The van der Waals surface area contributed by atoms with Crippen molar-refractivity contribution in [3.05, 3.63) is 71.3 Å². The van der Waals surface area contributed by atoms with Crippen LogP contribution in [-0.4, -0.2) is 24.2 Å². The molecule has 3 heteroatoms. The van der Waals surface area contributed by atoms with E-state index in [1.165, 1.54) is 24.8 Å². The largest absolute Gasteiger partial charge is 0.314 e. The number of carbonyl (C=O) groups excluding carboxylic acids is 2. The molecule has 0 saturated carbocycles. The minimum Gasteiger partial charge on any atom is -0.314 e. The smallest absolute Gasteiger partial charge is 0.159 e. The second-order valence-corrected chi connectivity index (χ2v) is 8.45. The molecule has 0 bridgehead atoms. The van der Waals surface area contributed by atoms with Crippen molar-refractivity contribution in [1.29, 1.82) is 0 Å². The molecule has 2 atom stereocenters. The van der Waals surface area contributed by atoms with Crippen LogP contribution >= 0.6 is 0 Å². The second-order valence-electron chi connectivity index (χ2n) is 8.45. The average Bonchev–Trinajstić information content (AvgIpc) is 2.72. The highest BCUT2D eigenvalue weighted by atomic mass is 16.1. The molecule has 1 fully saturated rings. The fourth-order valence-corrected chi connectivity index (χ4v) is 4.38.